The van der Waals surface area contributed by atoms with Crippen LogP contribution in [-0.2, 0) is 20.6 Å². The van der Waals surface area contributed by atoms with Gasteiger partial charge in [-0.1, -0.05) is 35.9 Å². The first kappa shape index (κ1) is 23.1. The lowest BCUT2D eigenvalue weighted by Crippen LogP contribution is -2.43. The number of hydrogen-bond acceptors (Lipinski definition) is 5. The Morgan fingerprint density at radius 2 is 1.77 bits per heavy atom. The molecule has 2 aromatic rings. The Morgan fingerprint density at radius 1 is 1.10 bits per heavy atom. The molecule has 0 spiro atoms. The van der Waals surface area contributed by atoms with Crippen molar-refractivity contribution in [2.24, 2.45) is 5.92 Å². The molecular weight excluding hydrogens is 416 g/mol. The molecule has 1 aliphatic heterocycles. The Kier molecular flexibility index (Phi) is 7.92. The van der Waals surface area contributed by atoms with Crippen molar-refractivity contribution >= 4 is 15.9 Å². The number of nitrogens with one attached hydrogen (secondary N) is 1. The van der Waals surface area contributed by atoms with Crippen LogP contribution in [0.5, 0.6) is 11.5 Å². The molecule has 0 aliphatic carbocycles. The molecular formula is C23H30N2O5S. The van der Waals surface area contributed by atoms with Crippen LogP contribution in [0.1, 0.15) is 24.0 Å². The average molecular weight is 447 g/mol. The van der Waals surface area contributed by atoms with E-state index in [1.165, 1.54) is 4.31 Å². The third-order valence-electron chi connectivity index (χ3n) is 5.40. The number of benzene rings is 2. The minimum absolute atomic E-state index is 0.00818. The number of methoxy groups -OCH3 is 1. The maximum absolute atomic E-state index is 12.7. The molecule has 1 saturated heterocycles. The van der Waals surface area contributed by atoms with E-state index < -0.39 is 10.0 Å². The normalized spacial score (nSPS) is 15.4. The molecule has 1 heterocycles. The summed E-state index contributed by atoms with van der Waals surface area (Å²) >= 11 is 0. The maximum Gasteiger partial charge on any atom is 0.223 e. The summed E-state index contributed by atoms with van der Waals surface area (Å²) in [5.74, 6) is 1.16. The van der Waals surface area contributed by atoms with Gasteiger partial charge in [0.1, 0.15) is 18.1 Å². The summed E-state index contributed by atoms with van der Waals surface area (Å²) in [6, 6.07) is 14.8. The Morgan fingerprint density at radius 3 is 2.45 bits per heavy atom. The van der Waals surface area contributed by atoms with Crippen LogP contribution in [0.4, 0.5) is 0 Å². The Bertz CT molecular complexity index is 968. The van der Waals surface area contributed by atoms with Gasteiger partial charge in [0.2, 0.25) is 15.9 Å². The molecule has 1 fully saturated rings. The fraction of sp³-hybridized carbons (Fsp3) is 0.435. The molecule has 0 aromatic heterocycles. The highest BCUT2D eigenvalue weighted by Gasteiger charge is 2.31. The molecule has 31 heavy (non-hydrogen) atoms. The second kappa shape index (κ2) is 10.6. The van der Waals surface area contributed by atoms with E-state index in [-0.39, 0.29) is 17.6 Å². The average Bonchev–Trinajstić information content (AvgIpc) is 2.78. The first-order chi connectivity index (χ1) is 14.9. The minimum Gasteiger partial charge on any atom is -0.497 e. The first-order valence-corrected chi connectivity index (χ1v) is 12.1. The van der Waals surface area contributed by atoms with Crippen LogP contribution in [0.15, 0.2) is 48.5 Å². The number of nitrogens with zero attached hydrogens (tertiary/aromatic N) is 1. The van der Waals surface area contributed by atoms with E-state index in [9.17, 15) is 13.2 Å². The van der Waals surface area contributed by atoms with Crippen LogP contribution in [0, 0.1) is 12.8 Å². The summed E-state index contributed by atoms with van der Waals surface area (Å²) in [5.41, 5.74) is 1.88. The fourth-order valence-corrected chi connectivity index (χ4v) is 5.12. The van der Waals surface area contributed by atoms with Crippen LogP contribution in [0.2, 0.25) is 0 Å². The number of carbonyl (C=O) groups is 1. The maximum atomic E-state index is 12.7. The summed E-state index contributed by atoms with van der Waals surface area (Å²) < 4.78 is 37.7. The van der Waals surface area contributed by atoms with Gasteiger partial charge in [0.05, 0.1) is 19.4 Å². The van der Waals surface area contributed by atoms with Gasteiger partial charge >= 0.3 is 0 Å². The Labute approximate surface area is 184 Å². The molecule has 0 radical (unpaired) electrons. The smallest absolute Gasteiger partial charge is 0.223 e. The van der Waals surface area contributed by atoms with Crippen molar-refractivity contribution in [3.8, 4) is 11.5 Å². The van der Waals surface area contributed by atoms with Gasteiger partial charge in [0, 0.05) is 25.1 Å². The molecule has 1 aliphatic rings. The second-order valence-electron chi connectivity index (χ2n) is 7.73. The van der Waals surface area contributed by atoms with Crippen molar-refractivity contribution in [1.29, 1.82) is 0 Å². The SMILES string of the molecule is COc1cccc(OCCNC(=O)C2CCN(S(=O)(=O)Cc3ccc(C)cc3)CC2)c1. The number of carbonyl (C=O) groups excluding carboxylic acids is 1. The van der Waals surface area contributed by atoms with Gasteiger partial charge in [-0.05, 0) is 37.5 Å². The topological polar surface area (TPSA) is 84.9 Å². The molecule has 7 nitrogen and oxygen atoms in total. The van der Waals surface area contributed by atoms with Crippen LogP contribution in [0.3, 0.4) is 0 Å². The van der Waals surface area contributed by atoms with Gasteiger partial charge in [0.25, 0.3) is 0 Å². The van der Waals surface area contributed by atoms with Gasteiger partial charge in [-0.15, -0.1) is 0 Å². The van der Waals surface area contributed by atoms with Crippen molar-refractivity contribution in [3.63, 3.8) is 0 Å². The number of piperidine rings is 1. The molecule has 1 N–H and O–H groups in total. The standard InChI is InChI=1S/C23H30N2O5S/c1-18-6-8-19(9-7-18)17-31(27,28)25-13-10-20(11-14-25)23(26)24-12-15-30-22-5-3-4-21(16-22)29-2/h3-9,16,20H,10-15,17H2,1-2H3,(H,24,26). The van der Waals surface area contributed by atoms with Crippen LogP contribution in [0.25, 0.3) is 0 Å². The fourth-order valence-electron chi connectivity index (χ4n) is 3.56. The molecule has 0 bridgehead atoms. The molecule has 168 valence electrons. The molecule has 0 unspecified atom stereocenters. The molecule has 8 heteroatoms. The predicted octanol–water partition coefficient (Wildman–Crippen LogP) is 2.74. The van der Waals surface area contributed by atoms with E-state index in [0.29, 0.717) is 50.6 Å². The Hall–Kier alpha value is -2.58. The third-order valence-corrected chi connectivity index (χ3v) is 7.25. The number of amides is 1. The molecule has 3 rings (SSSR count). The second-order valence-corrected chi connectivity index (χ2v) is 9.70. The van der Waals surface area contributed by atoms with Crippen LogP contribution < -0.4 is 14.8 Å². The summed E-state index contributed by atoms with van der Waals surface area (Å²) in [7, 11) is -1.79. The van der Waals surface area contributed by atoms with E-state index in [1.807, 2.05) is 49.4 Å². The van der Waals surface area contributed by atoms with E-state index in [2.05, 4.69) is 5.32 Å². The summed E-state index contributed by atoms with van der Waals surface area (Å²) in [6.45, 7) is 3.45. The van der Waals surface area contributed by atoms with E-state index >= 15 is 0 Å². The van der Waals surface area contributed by atoms with Crippen molar-refractivity contribution in [2.75, 3.05) is 33.4 Å². The van der Waals surface area contributed by atoms with Crippen molar-refractivity contribution in [1.82, 2.24) is 9.62 Å². The molecule has 1 amide bonds. The summed E-state index contributed by atoms with van der Waals surface area (Å²) in [6.07, 6.45) is 1.05. The Balaban J connectivity index is 1.40. The number of hydrogen-bond donors (Lipinski definition) is 1. The quantitative estimate of drug-likeness (QED) is 0.599. The lowest BCUT2D eigenvalue weighted by molar-refractivity contribution is -0.126. The van der Waals surface area contributed by atoms with Crippen LogP contribution >= 0.6 is 0 Å². The minimum atomic E-state index is -3.38. The highest BCUT2D eigenvalue weighted by molar-refractivity contribution is 7.88. The van der Waals surface area contributed by atoms with Crippen molar-refractivity contribution in [2.45, 2.75) is 25.5 Å². The van der Waals surface area contributed by atoms with Gasteiger partial charge in [-0.2, -0.15) is 0 Å². The highest BCUT2D eigenvalue weighted by Crippen LogP contribution is 2.22. The first-order valence-electron chi connectivity index (χ1n) is 10.5. The molecule has 2 aromatic carbocycles. The molecule has 0 saturated carbocycles. The van der Waals surface area contributed by atoms with Crippen molar-refractivity contribution in [3.05, 3.63) is 59.7 Å². The lowest BCUT2D eigenvalue weighted by Gasteiger charge is -2.30. The predicted molar refractivity (Wildman–Crippen MR) is 120 cm³/mol. The van der Waals surface area contributed by atoms with Gasteiger partial charge in [-0.3, -0.25) is 4.79 Å². The zero-order chi connectivity index (χ0) is 22.3. The summed E-state index contributed by atoms with van der Waals surface area (Å²) in [5, 5.41) is 2.89. The largest absolute Gasteiger partial charge is 0.497 e. The van der Waals surface area contributed by atoms with E-state index in [1.54, 1.807) is 13.2 Å². The zero-order valence-corrected chi connectivity index (χ0v) is 18.9. The van der Waals surface area contributed by atoms with Gasteiger partial charge < -0.3 is 14.8 Å². The monoisotopic (exact) mass is 446 g/mol. The van der Waals surface area contributed by atoms with Crippen molar-refractivity contribution < 1.29 is 22.7 Å². The number of sulfonamides is 1. The highest BCUT2D eigenvalue weighted by atomic mass is 32.2. The number of ether oxygens (including phenoxy) is 2. The third kappa shape index (κ3) is 6.70. The van der Waals surface area contributed by atoms with E-state index in [0.717, 1.165) is 11.1 Å². The summed E-state index contributed by atoms with van der Waals surface area (Å²) in [4.78, 5) is 12.4. The zero-order valence-electron chi connectivity index (χ0n) is 18.0. The molecule has 0 atom stereocenters. The van der Waals surface area contributed by atoms with Crippen LogP contribution in [-0.4, -0.2) is 52.0 Å². The number of aryl methyl sites for hydroxylation is 1. The number of rotatable bonds is 9. The lowest BCUT2D eigenvalue weighted by atomic mass is 9.97. The van der Waals surface area contributed by atoms with Gasteiger partial charge in [0.15, 0.2) is 0 Å². The van der Waals surface area contributed by atoms with E-state index in [4.69, 9.17) is 9.47 Å². The van der Waals surface area contributed by atoms with Gasteiger partial charge in [-0.25, -0.2) is 12.7 Å².